The van der Waals surface area contributed by atoms with Crippen molar-refractivity contribution in [2.75, 3.05) is 26.7 Å². The van der Waals surface area contributed by atoms with Crippen molar-refractivity contribution in [3.63, 3.8) is 0 Å². The second kappa shape index (κ2) is 4.35. The summed E-state index contributed by atoms with van der Waals surface area (Å²) < 4.78 is 2.08. The average Bonchev–Trinajstić information content (AvgIpc) is 2.71. The van der Waals surface area contributed by atoms with Crippen molar-refractivity contribution in [1.82, 2.24) is 19.3 Å². The van der Waals surface area contributed by atoms with Crippen LogP contribution < -0.4 is 5.84 Å². The summed E-state index contributed by atoms with van der Waals surface area (Å²) in [4.78, 5) is 6.76. The first-order valence-corrected chi connectivity index (χ1v) is 6.28. The minimum Gasteiger partial charge on any atom is -0.306 e. The molecule has 2 aromatic rings. The van der Waals surface area contributed by atoms with Crippen LogP contribution in [0.2, 0.25) is 0 Å². The Morgan fingerprint density at radius 3 is 2.94 bits per heavy atom. The van der Waals surface area contributed by atoms with E-state index in [0.717, 1.165) is 31.0 Å². The molecule has 1 saturated heterocycles. The lowest BCUT2D eigenvalue weighted by atomic mass is 10.1. The highest BCUT2D eigenvalue weighted by Gasteiger charge is 2.24. The van der Waals surface area contributed by atoms with Gasteiger partial charge in [-0.2, -0.15) is 0 Å². The first-order valence-electron chi connectivity index (χ1n) is 6.28. The van der Waals surface area contributed by atoms with Gasteiger partial charge in [-0.1, -0.05) is 6.07 Å². The van der Waals surface area contributed by atoms with Crippen LogP contribution in [0.25, 0.3) is 5.65 Å². The molecular formula is C13H19N5. The minimum atomic E-state index is 0.260. The molecule has 0 radical (unpaired) electrons. The summed E-state index contributed by atoms with van der Waals surface area (Å²) in [7, 11) is 2.14. The predicted octanol–water partition coefficient (Wildman–Crippen LogP) is 0.805. The molecule has 0 aromatic carbocycles. The van der Waals surface area contributed by atoms with E-state index in [2.05, 4.69) is 39.7 Å². The molecule has 0 amide bonds. The summed E-state index contributed by atoms with van der Waals surface area (Å²) in [5.41, 5.74) is 3.27. The van der Waals surface area contributed by atoms with Gasteiger partial charge in [0.1, 0.15) is 5.65 Å². The van der Waals surface area contributed by atoms with Gasteiger partial charge in [-0.15, -0.1) is 0 Å². The normalized spacial score (nSPS) is 22.7. The fraction of sp³-hybridized carbons (Fsp3) is 0.462. The molecule has 1 aliphatic rings. The lowest BCUT2D eigenvalue weighted by molar-refractivity contribution is 0.0903. The monoisotopic (exact) mass is 245 g/mol. The Morgan fingerprint density at radius 2 is 2.11 bits per heavy atom. The third-order valence-corrected chi connectivity index (χ3v) is 3.60. The maximum Gasteiger partial charge on any atom is 0.136 e. The van der Waals surface area contributed by atoms with Gasteiger partial charge in [0.25, 0.3) is 0 Å². The molecule has 2 aromatic heterocycles. The third-order valence-electron chi connectivity index (χ3n) is 3.60. The molecule has 96 valence electrons. The predicted molar refractivity (Wildman–Crippen MR) is 71.1 cm³/mol. The van der Waals surface area contributed by atoms with Gasteiger partial charge in [0.15, 0.2) is 0 Å². The molecule has 3 rings (SSSR count). The van der Waals surface area contributed by atoms with Crippen molar-refractivity contribution < 1.29 is 0 Å². The molecule has 1 unspecified atom stereocenters. The fourth-order valence-electron chi connectivity index (χ4n) is 2.56. The first-order chi connectivity index (χ1) is 8.63. The van der Waals surface area contributed by atoms with Crippen LogP contribution in [0.5, 0.6) is 0 Å². The van der Waals surface area contributed by atoms with Gasteiger partial charge in [-0.25, -0.2) is 9.99 Å². The lowest BCUT2D eigenvalue weighted by Crippen LogP contribution is -2.50. The van der Waals surface area contributed by atoms with Crippen LogP contribution in [0.3, 0.4) is 0 Å². The molecule has 5 heteroatoms. The lowest BCUT2D eigenvalue weighted by Gasteiger charge is -2.37. The highest BCUT2D eigenvalue weighted by Crippen LogP contribution is 2.22. The van der Waals surface area contributed by atoms with E-state index in [9.17, 15) is 0 Å². The molecule has 3 heterocycles. The van der Waals surface area contributed by atoms with E-state index in [0.29, 0.717) is 0 Å². The number of hydrazine groups is 1. The van der Waals surface area contributed by atoms with E-state index >= 15 is 0 Å². The standard InChI is InChI=1S/C13H19N5/c1-10-7-17-8-11(3-4-13(17)15-10)12-9-16(2)5-6-18(12)14/h3-4,7-8,12H,5-6,9,14H2,1-2H3. The van der Waals surface area contributed by atoms with E-state index < -0.39 is 0 Å². The number of nitrogens with two attached hydrogens (primary N) is 1. The van der Waals surface area contributed by atoms with Crippen molar-refractivity contribution >= 4 is 5.65 Å². The summed E-state index contributed by atoms with van der Waals surface area (Å²) in [5, 5.41) is 1.94. The van der Waals surface area contributed by atoms with Crippen LogP contribution in [0.4, 0.5) is 0 Å². The van der Waals surface area contributed by atoms with Crippen molar-refractivity contribution in [2.45, 2.75) is 13.0 Å². The summed E-state index contributed by atoms with van der Waals surface area (Å²) in [5.74, 6) is 6.10. The molecule has 0 bridgehead atoms. The van der Waals surface area contributed by atoms with Gasteiger partial charge in [-0.3, -0.25) is 5.84 Å². The van der Waals surface area contributed by atoms with Crippen LogP contribution in [-0.4, -0.2) is 46.0 Å². The van der Waals surface area contributed by atoms with Crippen molar-refractivity contribution in [2.24, 2.45) is 5.84 Å². The minimum absolute atomic E-state index is 0.260. The second-order valence-corrected chi connectivity index (χ2v) is 5.13. The maximum absolute atomic E-state index is 6.10. The topological polar surface area (TPSA) is 49.8 Å². The maximum atomic E-state index is 6.10. The second-order valence-electron chi connectivity index (χ2n) is 5.13. The quantitative estimate of drug-likeness (QED) is 0.755. The molecule has 1 fully saturated rings. The molecule has 1 atom stereocenters. The van der Waals surface area contributed by atoms with Crippen molar-refractivity contribution in [3.8, 4) is 0 Å². The first kappa shape index (κ1) is 11.6. The van der Waals surface area contributed by atoms with Crippen LogP contribution in [-0.2, 0) is 0 Å². The molecule has 18 heavy (non-hydrogen) atoms. The van der Waals surface area contributed by atoms with Crippen LogP contribution in [0.1, 0.15) is 17.3 Å². The molecule has 5 nitrogen and oxygen atoms in total. The Kier molecular flexibility index (Phi) is 2.81. The number of aryl methyl sites for hydroxylation is 1. The molecule has 0 saturated carbocycles. The van der Waals surface area contributed by atoms with Gasteiger partial charge in [0.2, 0.25) is 0 Å². The van der Waals surface area contributed by atoms with Crippen LogP contribution >= 0.6 is 0 Å². The van der Waals surface area contributed by atoms with Crippen molar-refractivity contribution in [3.05, 3.63) is 35.8 Å². The van der Waals surface area contributed by atoms with Gasteiger partial charge in [0.05, 0.1) is 11.7 Å². The summed E-state index contributed by atoms with van der Waals surface area (Å²) in [6.07, 6.45) is 4.19. The number of fused-ring (bicyclic) bond motifs is 1. The summed E-state index contributed by atoms with van der Waals surface area (Å²) in [6, 6.07) is 4.45. The number of hydrogen-bond donors (Lipinski definition) is 1. The van der Waals surface area contributed by atoms with Crippen LogP contribution in [0.15, 0.2) is 24.5 Å². The van der Waals surface area contributed by atoms with Gasteiger partial charge < -0.3 is 9.30 Å². The zero-order chi connectivity index (χ0) is 12.7. The summed E-state index contributed by atoms with van der Waals surface area (Å²) >= 11 is 0. The van der Waals surface area contributed by atoms with Gasteiger partial charge in [0, 0.05) is 32.0 Å². The zero-order valence-electron chi connectivity index (χ0n) is 10.9. The SMILES string of the molecule is Cc1cn2cc(C3CN(C)CCN3N)ccc2n1. The number of imidazole rings is 1. The number of rotatable bonds is 1. The zero-order valence-corrected chi connectivity index (χ0v) is 10.9. The number of pyridine rings is 1. The van der Waals surface area contributed by atoms with E-state index in [1.807, 2.05) is 18.1 Å². The van der Waals surface area contributed by atoms with Crippen molar-refractivity contribution in [1.29, 1.82) is 0 Å². The average molecular weight is 245 g/mol. The Bertz CT molecular complexity index is 562. The number of likely N-dealkylation sites (N-methyl/N-ethyl adjacent to an activating group) is 1. The number of nitrogens with zero attached hydrogens (tertiary/aromatic N) is 4. The van der Waals surface area contributed by atoms with E-state index in [1.165, 1.54) is 5.56 Å². The van der Waals surface area contributed by atoms with Gasteiger partial charge in [-0.05, 0) is 25.6 Å². The largest absolute Gasteiger partial charge is 0.306 e. The van der Waals surface area contributed by atoms with E-state index in [4.69, 9.17) is 5.84 Å². The molecular weight excluding hydrogens is 226 g/mol. The summed E-state index contributed by atoms with van der Waals surface area (Å²) in [6.45, 7) is 4.91. The molecule has 0 spiro atoms. The Balaban J connectivity index is 1.97. The Labute approximate surface area is 107 Å². The van der Waals surface area contributed by atoms with E-state index in [-0.39, 0.29) is 6.04 Å². The van der Waals surface area contributed by atoms with E-state index in [1.54, 1.807) is 0 Å². The Morgan fingerprint density at radius 1 is 1.28 bits per heavy atom. The molecule has 2 N–H and O–H groups in total. The molecule has 1 aliphatic heterocycles. The number of hydrogen-bond acceptors (Lipinski definition) is 4. The number of piperazine rings is 1. The number of aromatic nitrogens is 2. The fourth-order valence-corrected chi connectivity index (χ4v) is 2.56. The smallest absolute Gasteiger partial charge is 0.136 e. The highest BCUT2D eigenvalue weighted by molar-refractivity contribution is 5.41. The third kappa shape index (κ3) is 2.01. The van der Waals surface area contributed by atoms with Crippen LogP contribution in [0, 0.1) is 6.92 Å². The Hall–Kier alpha value is -1.43. The highest BCUT2D eigenvalue weighted by atomic mass is 15.5. The van der Waals surface area contributed by atoms with Gasteiger partial charge >= 0.3 is 0 Å². The molecule has 0 aliphatic carbocycles.